The molecule has 1 aliphatic rings. The van der Waals surface area contributed by atoms with Crippen LogP contribution in [0.1, 0.15) is 43.9 Å². The average molecular weight is 506 g/mol. The zero-order valence-electron chi connectivity index (χ0n) is 22.4. The van der Waals surface area contributed by atoms with Gasteiger partial charge in [0.15, 0.2) is 12.2 Å². The van der Waals surface area contributed by atoms with E-state index in [0.29, 0.717) is 12.3 Å². The number of rotatable bonds is 5. The van der Waals surface area contributed by atoms with Gasteiger partial charge in [0.25, 0.3) is 0 Å². The SMILES string of the molecule is C=C(CO)C1C(COC)c2c(cc(C(C)(C)C)c3ccccc23)-c2cc(-c3ccnc4occc34)cc[n+]21. The lowest BCUT2D eigenvalue weighted by Crippen LogP contribution is -2.49. The Labute approximate surface area is 223 Å². The first-order chi connectivity index (χ1) is 18.3. The molecule has 4 heterocycles. The third-order valence-electron chi connectivity index (χ3n) is 7.85. The van der Waals surface area contributed by atoms with Crippen molar-refractivity contribution in [3.63, 3.8) is 0 Å². The van der Waals surface area contributed by atoms with Crippen molar-refractivity contribution in [2.24, 2.45) is 0 Å². The number of ether oxygens (including phenoxy) is 1. The molecule has 2 aromatic carbocycles. The van der Waals surface area contributed by atoms with Gasteiger partial charge in [0, 0.05) is 36.4 Å². The number of furan rings is 1. The van der Waals surface area contributed by atoms with Crippen molar-refractivity contribution >= 4 is 21.9 Å². The fourth-order valence-electron chi connectivity index (χ4n) is 6.18. The number of methoxy groups -OCH3 is 1. The minimum atomic E-state index is -0.147. The van der Waals surface area contributed by atoms with Crippen molar-refractivity contribution in [1.29, 1.82) is 0 Å². The topological polar surface area (TPSA) is 59.4 Å². The van der Waals surface area contributed by atoms with E-state index in [4.69, 9.17) is 9.15 Å². The van der Waals surface area contributed by atoms with Gasteiger partial charge in [0.2, 0.25) is 11.4 Å². The van der Waals surface area contributed by atoms with Crippen LogP contribution in [0.2, 0.25) is 0 Å². The fraction of sp³-hybridized carbons (Fsp3) is 0.273. The van der Waals surface area contributed by atoms with E-state index in [0.717, 1.165) is 27.8 Å². The number of hydrogen-bond donors (Lipinski definition) is 1. The predicted molar refractivity (Wildman–Crippen MR) is 151 cm³/mol. The van der Waals surface area contributed by atoms with Gasteiger partial charge in [-0.05, 0) is 56.6 Å². The van der Waals surface area contributed by atoms with Crippen LogP contribution in [0.3, 0.4) is 0 Å². The van der Waals surface area contributed by atoms with Crippen LogP contribution in [-0.2, 0) is 10.2 Å². The van der Waals surface area contributed by atoms with Crippen LogP contribution in [0.4, 0.5) is 0 Å². The van der Waals surface area contributed by atoms with E-state index < -0.39 is 0 Å². The lowest BCUT2D eigenvalue weighted by atomic mass is 9.74. The highest BCUT2D eigenvalue weighted by molar-refractivity contribution is 5.97. The molecule has 6 rings (SSSR count). The second-order valence-corrected chi connectivity index (χ2v) is 11.2. The van der Waals surface area contributed by atoms with Gasteiger partial charge >= 0.3 is 0 Å². The number of benzene rings is 2. The lowest BCUT2D eigenvalue weighted by Gasteiger charge is -2.34. The Bertz CT molecular complexity index is 1690. The van der Waals surface area contributed by atoms with Crippen molar-refractivity contribution in [3.8, 4) is 22.4 Å². The standard InChI is InChI=1S/C33H33N2O3/c1-20(18-36)31-27(19-37-5)30-24-9-7-6-8-23(24)28(33(2,3)4)17-26(30)29-16-21(11-14-35(29)31)22-10-13-34-32-25(22)12-15-38-32/h6-17,27,31,36H,1,18-19H2,2-5H3/q+1. The smallest absolute Gasteiger partial charge is 0.226 e. The third-order valence-corrected chi connectivity index (χ3v) is 7.85. The Balaban J connectivity index is 1.71. The number of hydrogen-bond acceptors (Lipinski definition) is 4. The minimum absolute atomic E-state index is 0.00146. The maximum Gasteiger partial charge on any atom is 0.226 e. The van der Waals surface area contributed by atoms with E-state index >= 15 is 0 Å². The first-order valence-corrected chi connectivity index (χ1v) is 13.0. The van der Waals surface area contributed by atoms with Crippen LogP contribution in [0.15, 0.2) is 89.8 Å². The maximum absolute atomic E-state index is 10.3. The molecule has 0 saturated heterocycles. The number of nitrogens with zero attached hydrogens (tertiary/aromatic N) is 2. The number of pyridine rings is 2. The van der Waals surface area contributed by atoms with E-state index in [9.17, 15) is 5.11 Å². The van der Waals surface area contributed by atoms with E-state index in [-0.39, 0.29) is 24.0 Å². The van der Waals surface area contributed by atoms with Gasteiger partial charge in [-0.25, -0.2) is 4.98 Å². The maximum atomic E-state index is 10.3. The quantitative estimate of drug-likeness (QED) is 0.212. The van der Waals surface area contributed by atoms with Gasteiger partial charge in [-0.3, -0.25) is 0 Å². The van der Waals surface area contributed by atoms with Crippen molar-refractivity contribution in [3.05, 3.63) is 96.5 Å². The van der Waals surface area contributed by atoms with Crippen molar-refractivity contribution < 1.29 is 18.8 Å². The summed E-state index contributed by atoms with van der Waals surface area (Å²) in [7, 11) is 1.74. The van der Waals surface area contributed by atoms with Crippen molar-refractivity contribution in [2.45, 2.75) is 38.1 Å². The van der Waals surface area contributed by atoms with E-state index in [1.807, 2.05) is 12.1 Å². The van der Waals surface area contributed by atoms with E-state index in [1.165, 1.54) is 27.5 Å². The molecule has 192 valence electrons. The first-order valence-electron chi connectivity index (χ1n) is 13.0. The van der Waals surface area contributed by atoms with Crippen LogP contribution in [-0.4, -0.2) is 30.4 Å². The average Bonchev–Trinajstić information content (AvgIpc) is 3.40. The summed E-state index contributed by atoms with van der Waals surface area (Å²) in [6.45, 7) is 11.5. The summed E-state index contributed by atoms with van der Waals surface area (Å²) in [4.78, 5) is 4.38. The molecule has 0 bridgehead atoms. The van der Waals surface area contributed by atoms with Crippen LogP contribution in [0, 0.1) is 0 Å². The second-order valence-electron chi connectivity index (χ2n) is 11.2. The van der Waals surface area contributed by atoms with Crippen LogP contribution in [0.5, 0.6) is 0 Å². The minimum Gasteiger partial charge on any atom is -0.446 e. The summed E-state index contributed by atoms with van der Waals surface area (Å²) in [5.41, 5.74) is 8.33. The number of aliphatic hydroxyl groups is 1. The highest BCUT2D eigenvalue weighted by atomic mass is 16.5. The Hall–Kier alpha value is -3.80. The highest BCUT2D eigenvalue weighted by Gasteiger charge is 2.43. The summed E-state index contributed by atoms with van der Waals surface area (Å²) < 4.78 is 13.7. The number of aromatic nitrogens is 2. The van der Waals surface area contributed by atoms with E-state index in [1.54, 1.807) is 19.6 Å². The molecule has 2 atom stereocenters. The molecular weight excluding hydrogens is 472 g/mol. The molecule has 5 heteroatoms. The highest BCUT2D eigenvalue weighted by Crippen LogP contribution is 2.47. The normalized spacial score (nSPS) is 17.0. The molecule has 0 fully saturated rings. The summed E-state index contributed by atoms with van der Waals surface area (Å²) in [5.74, 6) is -0.00146. The number of aliphatic hydroxyl groups excluding tert-OH is 1. The zero-order chi connectivity index (χ0) is 26.6. The molecule has 2 unspecified atom stereocenters. The molecule has 0 aliphatic carbocycles. The number of fused-ring (bicyclic) bond motifs is 6. The fourth-order valence-corrected chi connectivity index (χ4v) is 6.18. The zero-order valence-corrected chi connectivity index (χ0v) is 22.4. The molecule has 3 aromatic heterocycles. The van der Waals surface area contributed by atoms with Crippen molar-refractivity contribution in [1.82, 2.24) is 4.98 Å². The third kappa shape index (κ3) is 3.77. The Morgan fingerprint density at radius 1 is 1.05 bits per heavy atom. The molecule has 0 saturated carbocycles. The Morgan fingerprint density at radius 3 is 2.58 bits per heavy atom. The second kappa shape index (κ2) is 9.19. The molecule has 1 N–H and O–H groups in total. The molecule has 0 radical (unpaired) electrons. The Kier molecular flexibility index (Phi) is 5.93. The summed E-state index contributed by atoms with van der Waals surface area (Å²) in [6.07, 6.45) is 5.60. The molecular formula is C33H33N2O3+. The molecule has 1 aliphatic heterocycles. The molecule has 0 amide bonds. The van der Waals surface area contributed by atoms with Gasteiger partial charge < -0.3 is 14.3 Å². The Morgan fingerprint density at radius 2 is 1.84 bits per heavy atom. The van der Waals surface area contributed by atoms with Gasteiger partial charge in [-0.2, -0.15) is 4.57 Å². The molecule has 5 nitrogen and oxygen atoms in total. The lowest BCUT2D eigenvalue weighted by molar-refractivity contribution is -0.709. The van der Waals surface area contributed by atoms with Crippen LogP contribution in [0.25, 0.3) is 44.3 Å². The van der Waals surface area contributed by atoms with Crippen LogP contribution >= 0.6 is 0 Å². The largest absolute Gasteiger partial charge is 0.446 e. The van der Waals surface area contributed by atoms with E-state index in [2.05, 4.69) is 85.6 Å². The molecule has 5 aromatic rings. The van der Waals surface area contributed by atoms with Crippen molar-refractivity contribution in [2.75, 3.05) is 20.3 Å². The van der Waals surface area contributed by atoms with Gasteiger partial charge in [-0.15, -0.1) is 0 Å². The molecule has 0 spiro atoms. The van der Waals surface area contributed by atoms with Gasteiger partial charge in [0.1, 0.15) is 0 Å². The first kappa shape index (κ1) is 24.5. The monoisotopic (exact) mass is 505 g/mol. The summed E-state index contributed by atoms with van der Waals surface area (Å²) in [6, 6.07) is 19.3. The van der Waals surface area contributed by atoms with Gasteiger partial charge in [-0.1, -0.05) is 51.6 Å². The van der Waals surface area contributed by atoms with Crippen LogP contribution < -0.4 is 4.57 Å². The predicted octanol–water partition coefficient (Wildman–Crippen LogP) is 6.73. The van der Waals surface area contributed by atoms with Gasteiger partial charge in [0.05, 0.1) is 31.0 Å². The summed E-state index contributed by atoms with van der Waals surface area (Å²) >= 11 is 0. The summed E-state index contributed by atoms with van der Waals surface area (Å²) in [5, 5.41) is 13.7. The molecule has 38 heavy (non-hydrogen) atoms.